The summed E-state index contributed by atoms with van der Waals surface area (Å²) in [7, 11) is 0. The van der Waals surface area contributed by atoms with Gasteiger partial charge in [0.05, 0.1) is 6.54 Å². The zero-order valence-electron chi connectivity index (χ0n) is 9.99. The van der Waals surface area contributed by atoms with Gasteiger partial charge in [0.15, 0.2) is 0 Å². The minimum Gasteiger partial charge on any atom is -0.459 e. The van der Waals surface area contributed by atoms with Gasteiger partial charge in [-0.05, 0) is 24.3 Å². The van der Waals surface area contributed by atoms with Crippen molar-refractivity contribution in [3.05, 3.63) is 58.3 Å². The van der Waals surface area contributed by atoms with Gasteiger partial charge in [0.1, 0.15) is 11.3 Å². The molecule has 3 rings (SSSR count). The quantitative estimate of drug-likeness (QED) is 0.732. The monoisotopic (exact) mass is 291 g/mol. The standard InChI is InChI=1S/C15H11Cl2NO/c16-10-5-9-6-11(8-18)19-15(9)13(7-10)12-3-1-2-4-14(12)17/h1-7H,8,18H2. The van der Waals surface area contributed by atoms with E-state index in [0.29, 0.717) is 16.6 Å². The summed E-state index contributed by atoms with van der Waals surface area (Å²) < 4.78 is 5.77. The Morgan fingerprint density at radius 2 is 1.79 bits per heavy atom. The van der Waals surface area contributed by atoms with Crippen LogP contribution in [0.1, 0.15) is 5.76 Å². The van der Waals surface area contributed by atoms with Gasteiger partial charge in [-0.2, -0.15) is 0 Å². The van der Waals surface area contributed by atoms with Crippen molar-refractivity contribution in [2.45, 2.75) is 6.54 Å². The first-order chi connectivity index (χ1) is 9.19. The van der Waals surface area contributed by atoms with E-state index < -0.39 is 0 Å². The molecular weight excluding hydrogens is 281 g/mol. The van der Waals surface area contributed by atoms with Crippen LogP contribution in [-0.4, -0.2) is 0 Å². The molecule has 0 saturated heterocycles. The molecule has 0 aliphatic rings. The first kappa shape index (κ1) is 12.5. The molecule has 0 aliphatic carbocycles. The van der Waals surface area contributed by atoms with E-state index in [0.717, 1.165) is 27.9 Å². The maximum Gasteiger partial charge on any atom is 0.142 e. The highest BCUT2D eigenvalue weighted by molar-refractivity contribution is 6.34. The van der Waals surface area contributed by atoms with Crippen LogP contribution in [0.3, 0.4) is 0 Å². The number of hydrogen-bond donors (Lipinski definition) is 1. The molecule has 0 atom stereocenters. The average molecular weight is 292 g/mol. The van der Waals surface area contributed by atoms with Crippen LogP contribution in [-0.2, 0) is 6.54 Å². The van der Waals surface area contributed by atoms with E-state index in [9.17, 15) is 0 Å². The summed E-state index contributed by atoms with van der Waals surface area (Å²) in [5.74, 6) is 0.727. The lowest BCUT2D eigenvalue weighted by molar-refractivity contribution is 0.553. The second kappa shape index (κ2) is 4.89. The van der Waals surface area contributed by atoms with Gasteiger partial charge in [0.2, 0.25) is 0 Å². The van der Waals surface area contributed by atoms with Crippen molar-refractivity contribution in [3.63, 3.8) is 0 Å². The van der Waals surface area contributed by atoms with E-state index >= 15 is 0 Å². The normalized spacial score (nSPS) is 11.1. The molecule has 0 unspecified atom stereocenters. The van der Waals surface area contributed by atoms with Crippen molar-refractivity contribution < 1.29 is 4.42 Å². The molecule has 1 heterocycles. The number of furan rings is 1. The molecule has 4 heteroatoms. The van der Waals surface area contributed by atoms with Crippen molar-refractivity contribution in [2.75, 3.05) is 0 Å². The molecular formula is C15H11Cl2NO. The molecule has 2 N–H and O–H groups in total. The number of nitrogens with two attached hydrogens (primary N) is 1. The molecule has 0 spiro atoms. The van der Waals surface area contributed by atoms with Crippen molar-refractivity contribution in [3.8, 4) is 11.1 Å². The van der Waals surface area contributed by atoms with E-state index in [1.165, 1.54) is 0 Å². The van der Waals surface area contributed by atoms with Crippen LogP contribution in [0.2, 0.25) is 10.0 Å². The van der Waals surface area contributed by atoms with E-state index in [1.807, 2.05) is 42.5 Å². The van der Waals surface area contributed by atoms with E-state index in [1.54, 1.807) is 0 Å². The number of rotatable bonds is 2. The number of halogens is 2. The fourth-order valence-corrected chi connectivity index (χ4v) is 2.61. The predicted octanol–water partition coefficient (Wildman–Crippen LogP) is 4.87. The molecule has 0 bridgehead atoms. The Kier molecular flexibility index (Phi) is 3.23. The third-order valence-corrected chi connectivity index (χ3v) is 3.55. The second-order valence-electron chi connectivity index (χ2n) is 4.27. The predicted molar refractivity (Wildman–Crippen MR) is 79.6 cm³/mol. The van der Waals surface area contributed by atoms with Crippen LogP contribution in [0.25, 0.3) is 22.1 Å². The SMILES string of the molecule is NCc1cc2cc(Cl)cc(-c3ccccc3Cl)c2o1. The topological polar surface area (TPSA) is 39.2 Å². The molecule has 1 aromatic heterocycles. The summed E-state index contributed by atoms with van der Waals surface area (Å²) in [5.41, 5.74) is 8.16. The fourth-order valence-electron chi connectivity index (χ4n) is 2.15. The molecule has 2 nitrogen and oxygen atoms in total. The minimum atomic E-state index is 0.355. The maximum absolute atomic E-state index is 6.24. The third kappa shape index (κ3) is 2.23. The summed E-state index contributed by atoms with van der Waals surface area (Å²) >= 11 is 12.4. The van der Waals surface area contributed by atoms with Gasteiger partial charge in [-0.25, -0.2) is 0 Å². The fraction of sp³-hybridized carbons (Fsp3) is 0.0667. The van der Waals surface area contributed by atoms with E-state index in [4.69, 9.17) is 33.4 Å². The lowest BCUT2D eigenvalue weighted by atomic mass is 10.0. The van der Waals surface area contributed by atoms with Crippen LogP contribution in [0, 0.1) is 0 Å². The van der Waals surface area contributed by atoms with Crippen LogP contribution in [0.15, 0.2) is 46.9 Å². The first-order valence-corrected chi connectivity index (χ1v) is 6.61. The molecule has 19 heavy (non-hydrogen) atoms. The van der Waals surface area contributed by atoms with Gasteiger partial charge in [-0.1, -0.05) is 41.4 Å². The van der Waals surface area contributed by atoms with Gasteiger partial charge in [-0.15, -0.1) is 0 Å². The summed E-state index contributed by atoms with van der Waals surface area (Å²) in [6.45, 7) is 0.355. The van der Waals surface area contributed by atoms with Crippen molar-refractivity contribution >= 4 is 34.2 Å². The van der Waals surface area contributed by atoms with Crippen molar-refractivity contribution in [1.29, 1.82) is 0 Å². The molecule has 0 fully saturated rings. The van der Waals surface area contributed by atoms with Crippen LogP contribution in [0.5, 0.6) is 0 Å². The Balaban J connectivity index is 2.34. The Morgan fingerprint density at radius 3 is 2.53 bits per heavy atom. The second-order valence-corrected chi connectivity index (χ2v) is 5.11. The Labute approximate surface area is 120 Å². The summed E-state index contributed by atoms with van der Waals surface area (Å²) in [6, 6.07) is 13.2. The Hall–Kier alpha value is -1.48. The van der Waals surface area contributed by atoms with Crippen molar-refractivity contribution in [1.82, 2.24) is 0 Å². The Morgan fingerprint density at radius 1 is 1.00 bits per heavy atom. The van der Waals surface area contributed by atoms with Crippen LogP contribution < -0.4 is 5.73 Å². The smallest absolute Gasteiger partial charge is 0.142 e. The molecule has 0 aliphatic heterocycles. The molecule has 2 aromatic carbocycles. The molecule has 3 aromatic rings. The highest BCUT2D eigenvalue weighted by atomic mass is 35.5. The van der Waals surface area contributed by atoms with Gasteiger partial charge in [0, 0.05) is 26.6 Å². The van der Waals surface area contributed by atoms with Gasteiger partial charge >= 0.3 is 0 Å². The minimum absolute atomic E-state index is 0.355. The largest absolute Gasteiger partial charge is 0.459 e. The average Bonchev–Trinajstić information content (AvgIpc) is 2.81. The molecule has 0 radical (unpaired) electrons. The van der Waals surface area contributed by atoms with E-state index in [-0.39, 0.29) is 0 Å². The lowest BCUT2D eigenvalue weighted by Gasteiger charge is -2.06. The summed E-state index contributed by atoms with van der Waals surface area (Å²) in [6.07, 6.45) is 0. The summed E-state index contributed by atoms with van der Waals surface area (Å²) in [5, 5.41) is 2.24. The van der Waals surface area contributed by atoms with Gasteiger partial charge < -0.3 is 10.2 Å². The number of benzene rings is 2. The maximum atomic E-state index is 6.24. The summed E-state index contributed by atoms with van der Waals surface area (Å²) in [4.78, 5) is 0. The highest BCUT2D eigenvalue weighted by Crippen LogP contribution is 2.37. The van der Waals surface area contributed by atoms with Gasteiger partial charge in [-0.3, -0.25) is 0 Å². The van der Waals surface area contributed by atoms with Gasteiger partial charge in [0.25, 0.3) is 0 Å². The molecule has 0 saturated carbocycles. The molecule has 0 amide bonds. The van der Waals surface area contributed by atoms with E-state index in [2.05, 4.69) is 0 Å². The third-order valence-electron chi connectivity index (χ3n) is 3.00. The first-order valence-electron chi connectivity index (χ1n) is 5.86. The zero-order chi connectivity index (χ0) is 13.4. The number of hydrogen-bond acceptors (Lipinski definition) is 2. The molecule has 96 valence electrons. The number of fused-ring (bicyclic) bond motifs is 1. The zero-order valence-corrected chi connectivity index (χ0v) is 11.5. The lowest BCUT2D eigenvalue weighted by Crippen LogP contribution is -1.92. The Bertz CT molecular complexity index is 749. The van der Waals surface area contributed by atoms with Crippen LogP contribution in [0.4, 0.5) is 0 Å². The highest BCUT2D eigenvalue weighted by Gasteiger charge is 2.13. The van der Waals surface area contributed by atoms with Crippen molar-refractivity contribution in [2.24, 2.45) is 5.73 Å². The van der Waals surface area contributed by atoms with Crippen LogP contribution >= 0.6 is 23.2 Å².